The highest BCUT2D eigenvalue weighted by molar-refractivity contribution is 9.10. The van der Waals surface area contributed by atoms with Gasteiger partial charge in [-0.25, -0.2) is 9.97 Å². The third kappa shape index (κ3) is 3.16. The van der Waals surface area contributed by atoms with E-state index in [-0.39, 0.29) is 5.91 Å². The van der Waals surface area contributed by atoms with Crippen LogP contribution in [0.1, 0.15) is 16.2 Å². The molecule has 0 saturated heterocycles. The number of amides is 1. The molecular weight excluding hydrogens is 296 g/mol. The van der Waals surface area contributed by atoms with E-state index in [0.717, 1.165) is 5.82 Å². The van der Waals surface area contributed by atoms with Gasteiger partial charge in [-0.1, -0.05) is 0 Å². The molecule has 0 aliphatic rings. The number of pyridine rings is 1. The first kappa shape index (κ1) is 12.8. The Kier molecular flexibility index (Phi) is 4.09. The van der Waals surface area contributed by atoms with Gasteiger partial charge in [-0.2, -0.15) is 0 Å². The van der Waals surface area contributed by atoms with Crippen molar-refractivity contribution in [1.82, 2.24) is 19.9 Å². The van der Waals surface area contributed by atoms with E-state index in [4.69, 9.17) is 0 Å². The summed E-state index contributed by atoms with van der Waals surface area (Å²) < 4.78 is 2.59. The second kappa shape index (κ2) is 5.77. The molecule has 0 aromatic carbocycles. The molecule has 2 aromatic rings. The third-order valence-corrected chi connectivity index (χ3v) is 2.98. The maximum absolute atomic E-state index is 11.8. The lowest BCUT2D eigenvalue weighted by Crippen LogP contribution is -2.26. The minimum absolute atomic E-state index is 0.104. The molecule has 0 unspecified atom stereocenters. The number of rotatable bonds is 4. The number of hydrogen-bond acceptors (Lipinski definition) is 3. The van der Waals surface area contributed by atoms with Crippen LogP contribution in [-0.4, -0.2) is 27.0 Å². The Labute approximate surface area is 113 Å². The molecule has 2 rings (SSSR count). The van der Waals surface area contributed by atoms with Gasteiger partial charge in [-0.05, 0) is 28.1 Å². The van der Waals surface area contributed by atoms with E-state index in [0.29, 0.717) is 23.1 Å². The summed E-state index contributed by atoms with van der Waals surface area (Å²) in [6.07, 6.45) is 5.94. The topological polar surface area (TPSA) is 59.8 Å². The zero-order valence-corrected chi connectivity index (χ0v) is 11.5. The Hall–Kier alpha value is -1.69. The fourth-order valence-electron chi connectivity index (χ4n) is 1.57. The standard InChI is InChI=1S/C12H13BrN4O/c1-17-7-6-15-11(17)3-5-16-12(18)9-2-4-14-10(13)8-9/h2,4,6-8H,3,5H2,1H3,(H,16,18). The Morgan fingerprint density at radius 3 is 2.94 bits per heavy atom. The lowest BCUT2D eigenvalue weighted by atomic mass is 10.2. The van der Waals surface area contributed by atoms with E-state index >= 15 is 0 Å². The normalized spacial score (nSPS) is 10.3. The fourth-order valence-corrected chi connectivity index (χ4v) is 1.94. The maximum atomic E-state index is 11.8. The number of aromatic nitrogens is 3. The molecular formula is C12H13BrN4O. The van der Waals surface area contributed by atoms with Crippen molar-refractivity contribution in [2.45, 2.75) is 6.42 Å². The highest BCUT2D eigenvalue weighted by Gasteiger charge is 2.06. The van der Waals surface area contributed by atoms with Crippen molar-refractivity contribution >= 4 is 21.8 Å². The summed E-state index contributed by atoms with van der Waals surface area (Å²) >= 11 is 3.24. The molecule has 2 aromatic heterocycles. The average Bonchev–Trinajstić information content (AvgIpc) is 2.75. The second-order valence-electron chi connectivity index (χ2n) is 3.83. The molecule has 1 N–H and O–H groups in total. The number of aryl methyl sites for hydroxylation is 1. The quantitative estimate of drug-likeness (QED) is 0.872. The minimum Gasteiger partial charge on any atom is -0.352 e. The Morgan fingerprint density at radius 1 is 1.44 bits per heavy atom. The van der Waals surface area contributed by atoms with Gasteiger partial charge >= 0.3 is 0 Å². The van der Waals surface area contributed by atoms with E-state index < -0.39 is 0 Å². The molecule has 0 atom stereocenters. The first-order chi connectivity index (χ1) is 8.66. The van der Waals surface area contributed by atoms with Gasteiger partial charge in [-0.15, -0.1) is 0 Å². The molecule has 0 radical (unpaired) electrons. The van der Waals surface area contributed by atoms with E-state index in [2.05, 4.69) is 31.2 Å². The van der Waals surface area contributed by atoms with Crippen LogP contribution in [0.5, 0.6) is 0 Å². The van der Waals surface area contributed by atoms with Crippen LogP contribution < -0.4 is 5.32 Å². The number of halogens is 1. The highest BCUT2D eigenvalue weighted by atomic mass is 79.9. The summed E-state index contributed by atoms with van der Waals surface area (Å²) in [7, 11) is 1.93. The fraction of sp³-hybridized carbons (Fsp3) is 0.250. The van der Waals surface area contributed by atoms with Crippen LogP contribution in [0.2, 0.25) is 0 Å². The molecule has 18 heavy (non-hydrogen) atoms. The second-order valence-corrected chi connectivity index (χ2v) is 4.64. The molecule has 6 heteroatoms. The number of carbonyl (C=O) groups is 1. The number of carbonyl (C=O) groups excluding carboxylic acids is 1. The molecule has 0 spiro atoms. The van der Waals surface area contributed by atoms with E-state index in [1.54, 1.807) is 24.5 Å². The zero-order chi connectivity index (χ0) is 13.0. The van der Waals surface area contributed by atoms with Crippen LogP contribution in [0.3, 0.4) is 0 Å². The molecule has 0 aliphatic carbocycles. The Balaban J connectivity index is 1.87. The van der Waals surface area contributed by atoms with Gasteiger partial charge in [0.25, 0.3) is 5.91 Å². The van der Waals surface area contributed by atoms with Gasteiger partial charge < -0.3 is 9.88 Å². The Bertz CT molecular complexity index is 553. The monoisotopic (exact) mass is 308 g/mol. The summed E-state index contributed by atoms with van der Waals surface area (Å²) in [6, 6.07) is 3.37. The number of nitrogens with zero attached hydrogens (tertiary/aromatic N) is 3. The minimum atomic E-state index is -0.104. The summed E-state index contributed by atoms with van der Waals surface area (Å²) in [5.74, 6) is 0.846. The lowest BCUT2D eigenvalue weighted by Gasteiger charge is -2.05. The van der Waals surface area contributed by atoms with Crippen LogP contribution >= 0.6 is 15.9 Å². The summed E-state index contributed by atoms with van der Waals surface area (Å²) in [5.41, 5.74) is 0.594. The third-order valence-electron chi connectivity index (χ3n) is 2.54. The van der Waals surface area contributed by atoms with E-state index in [1.165, 1.54) is 0 Å². The van der Waals surface area contributed by atoms with E-state index in [9.17, 15) is 4.79 Å². The molecule has 0 bridgehead atoms. The van der Waals surface area contributed by atoms with Crippen molar-refractivity contribution in [3.8, 4) is 0 Å². The molecule has 2 heterocycles. The van der Waals surface area contributed by atoms with E-state index in [1.807, 2.05) is 17.8 Å². The van der Waals surface area contributed by atoms with Crippen molar-refractivity contribution in [1.29, 1.82) is 0 Å². The summed E-state index contributed by atoms with van der Waals surface area (Å²) in [4.78, 5) is 20.0. The van der Waals surface area contributed by atoms with Crippen LogP contribution in [0, 0.1) is 0 Å². The smallest absolute Gasteiger partial charge is 0.251 e. The van der Waals surface area contributed by atoms with Crippen molar-refractivity contribution in [2.75, 3.05) is 6.54 Å². The highest BCUT2D eigenvalue weighted by Crippen LogP contribution is 2.07. The summed E-state index contributed by atoms with van der Waals surface area (Å²) in [5, 5.41) is 2.85. The van der Waals surface area contributed by atoms with Crippen LogP contribution in [0.15, 0.2) is 35.3 Å². The van der Waals surface area contributed by atoms with Crippen molar-refractivity contribution < 1.29 is 4.79 Å². The predicted octanol–water partition coefficient (Wildman–Crippen LogP) is 1.55. The molecule has 1 amide bonds. The SMILES string of the molecule is Cn1ccnc1CCNC(=O)c1ccnc(Br)c1. The van der Waals surface area contributed by atoms with Gasteiger partial charge in [0.1, 0.15) is 10.4 Å². The summed E-state index contributed by atoms with van der Waals surface area (Å²) in [6.45, 7) is 0.559. The van der Waals surface area contributed by atoms with Gasteiger partial charge in [0.15, 0.2) is 0 Å². The first-order valence-electron chi connectivity index (χ1n) is 5.53. The maximum Gasteiger partial charge on any atom is 0.251 e. The molecule has 0 fully saturated rings. The predicted molar refractivity (Wildman–Crippen MR) is 71.2 cm³/mol. The van der Waals surface area contributed by atoms with Gasteiger partial charge in [0, 0.05) is 44.2 Å². The number of imidazole rings is 1. The lowest BCUT2D eigenvalue weighted by molar-refractivity contribution is 0.0953. The van der Waals surface area contributed by atoms with Crippen LogP contribution in [0.4, 0.5) is 0 Å². The van der Waals surface area contributed by atoms with Crippen LogP contribution in [0.25, 0.3) is 0 Å². The van der Waals surface area contributed by atoms with Crippen molar-refractivity contribution in [3.63, 3.8) is 0 Å². The van der Waals surface area contributed by atoms with Crippen molar-refractivity contribution in [2.24, 2.45) is 7.05 Å². The largest absolute Gasteiger partial charge is 0.352 e. The number of nitrogens with one attached hydrogen (secondary N) is 1. The van der Waals surface area contributed by atoms with Crippen LogP contribution in [-0.2, 0) is 13.5 Å². The number of hydrogen-bond donors (Lipinski definition) is 1. The van der Waals surface area contributed by atoms with Gasteiger partial charge in [-0.3, -0.25) is 4.79 Å². The molecule has 0 aliphatic heterocycles. The van der Waals surface area contributed by atoms with Crippen molar-refractivity contribution in [3.05, 3.63) is 46.7 Å². The molecule has 5 nitrogen and oxygen atoms in total. The molecule has 0 saturated carbocycles. The first-order valence-corrected chi connectivity index (χ1v) is 6.32. The molecule has 94 valence electrons. The van der Waals surface area contributed by atoms with Gasteiger partial charge in [0.05, 0.1) is 0 Å². The average molecular weight is 309 g/mol. The zero-order valence-electron chi connectivity index (χ0n) is 9.93. The Morgan fingerprint density at radius 2 is 2.28 bits per heavy atom. The van der Waals surface area contributed by atoms with Gasteiger partial charge in [0.2, 0.25) is 0 Å².